The Kier molecular flexibility index (Phi) is 6.26. The molecule has 0 bridgehead atoms. The van der Waals surface area contributed by atoms with Crippen LogP contribution < -0.4 is 0 Å². The van der Waals surface area contributed by atoms with Crippen molar-refractivity contribution in [2.75, 3.05) is 0 Å². The summed E-state index contributed by atoms with van der Waals surface area (Å²) >= 11 is 0. The maximum Gasteiger partial charge on any atom is 0.134 e. The summed E-state index contributed by atoms with van der Waals surface area (Å²) in [5.74, 6) is 4.31. The van der Waals surface area contributed by atoms with Crippen LogP contribution in [0.15, 0.2) is 0 Å². The van der Waals surface area contributed by atoms with Crippen LogP contribution in [-0.4, -0.2) is 12.3 Å². The first-order valence-corrected chi connectivity index (χ1v) is 11.9. The van der Waals surface area contributed by atoms with Gasteiger partial charge in [0, 0.05) is 0 Å². The van der Waals surface area contributed by atoms with Crippen LogP contribution in [-0.2, 0) is 0 Å². The molecule has 0 amide bonds. The Morgan fingerprint density at radius 1 is 0.462 bits per heavy atom. The van der Waals surface area contributed by atoms with Crippen LogP contribution in [0.4, 0.5) is 8.78 Å². The summed E-state index contributed by atoms with van der Waals surface area (Å²) in [5, 5.41) is 0. The molecule has 0 nitrogen and oxygen atoms in total. The van der Waals surface area contributed by atoms with Crippen molar-refractivity contribution >= 4 is 0 Å². The fourth-order valence-corrected chi connectivity index (χ4v) is 7.38. The Bertz CT molecular complexity index is 427. The minimum absolute atomic E-state index is 0.0141. The minimum atomic E-state index is -1.21. The van der Waals surface area contributed by atoms with Crippen molar-refractivity contribution in [2.45, 2.75) is 109 Å². The molecule has 26 heavy (non-hydrogen) atoms. The van der Waals surface area contributed by atoms with E-state index in [1.807, 2.05) is 6.92 Å². The Labute approximate surface area is 159 Å². The lowest BCUT2D eigenvalue weighted by atomic mass is 9.63. The van der Waals surface area contributed by atoms with Crippen molar-refractivity contribution in [1.82, 2.24) is 0 Å². The Balaban J connectivity index is 1.23. The molecule has 0 N–H and O–H groups in total. The molecule has 4 fully saturated rings. The lowest BCUT2D eigenvalue weighted by Crippen LogP contribution is -2.41. The Morgan fingerprint density at radius 2 is 0.885 bits per heavy atom. The summed E-state index contributed by atoms with van der Waals surface area (Å²) in [6.07, 6.45) is 16.1. The molecule has 0 aliphatic heterocycles. The van der Waals surface area contributed by atoms with E-state index >= 15 is 0 Å². The van der Waals surface area contributed by atoms with Gasteiger partial charge < -0.3 is 0 Å². The van der Waals surface area contributed by atoms with E-state index in [4.69, 9.17) is 0 Å². The third-order valence-corrected chi connectivity index (χ3v) is 9.18. The first-order chi connectivity index (χ1) is 12.6. The highest BCUT2D eigenvalue weighted by Crippen LogP contribution is 2.48. The Morgan fingerprint density at radius 3 is 1.38 bits per heavy atom. The van der Waals surface area contributed by atoms with Gasteiger partial charge in [0.2, 0.25) is 0 Å². The molecule has 4 aliphatic carbocycles. The van der Waals surface area contributed by atoms with E-state index in [0.717, 1.165) is 36.5 Å². The summed E-state index contributed by atoms with van der Waals surface area (Å²) in [6.45, 7) is 1.88. The second kappa shape index (κ2) is 8.48. The summed E-state index contributed by atoms with van der Waals surface area (Å²) in [6, 6.07) is 0. The molecule has 0 aromatic heterocycles. The van der Waals surface area contributed by atoms with Gasteiger partial charge in [-0.1, -0.05) is 32.6 Å². The normalized spacial score (nSPS) is 48.6. The molecular weight excluding hydrogens is 326 g/mol. The minimum Gasteiger partial charge on any atom is -0.244 e. The van der Waals surface area contributed by atoms with Gasteiger partial charge in [0.1, 0.15) is 12.3 Å². The average molecular weight is 367 g/mol. The van der Waals surface area contributed by atoms with Crippen molar-refractivity contribution in [3.8, 4) is 0 Å². The van der Waals surface area contributed by atoms with E-state index in [-0.39, 0.29) is 11.8 Å². The maximum atomic E-state index is 14.5. The highest BCUT2D eigenvalue weighted by atomic mass is 19.2. The molecule has 2 heteroatoms. The molecule has 150 valence electrons. The second-order valence-corrected chi connectivity index (χ2v) is 10.5. The maximum absolute atomic E-state index is 14.5. The second-order valence-electron chi connectivity index (χ2n) is 10.5. The van der Waals surface area contributed by atoms with Crippen LogP contribution in [0.3, 0.4) is 0 Å². The topological polar surface area (TPSA) is 0 Å². The van der Waals surface area contributed by atoms with Crippen LogP contribution in [0, 0.1) is 41.4 Å². The van der Waals surface area contributed by atoms with Gasteiger partial charge in [-0.25, -0.2) is 8.78 Å². The highest BCUT2D eigenvalue weighted by molar-refractivity contribution is 4.92. The molecule has 0 radical (unpaired) electrons. The zero-order valence-electron chi connectivity index (χ0n) is 16.9. The van der Waals surface area contributed by atoms with E-state index in [2.05, 4.69) is 0 Å². The SMILES string of the molecule is CC1CCC(C2CCC(C3CCC(C4CCCC4)CC3)CC2)C(F)C1F. The van der Waals surface area contributed by atoms with Gasteiger partial charge in [0.25, 0.3) is 0 Å². The lowest BCUT2D eigenvalue weighted by molar-refractivity contribution is -0.0103. The number of hydrogen-bond acceptors (Lipinski definition) is 0. The molecule has 4 unspecified atom stereocenters. The van der Waals surface area contributed by atoms with E-state index in [9.17, 15) is 8.78 Å². The third-order valence-electron chi connectivity index (χ3n) is 9.18. The molecule has 4 atom stereocenters. The zero-order valence-corrected chi connectivity index (χ0v) is 16.9. The molecule has 0 aromatic carbocycles. The predicted octanol–water partition coefficient (Wildman–Crippen LogP) is 7.51. The van der Waals surface area contributed by atoms with E-state index in [1.165, 1.54) is 77.0 Å². The quantitative estimate of drug-likeness (QED) is 0.485. The average Bonchev–Trinajstić information content (AvgIpc) is 3.22. The van der Waals surface area contributed by atoms with Crippen molar-refractivity contribution in [1.29, 1.82) is 0 Å². The molecule has 4 rings (SSSR count). The summed E-state index contributed by atoms with van der Waals surface area (Å²) < 4.78 is 28.7. The van der Waals surface area contributed by atoms with Crippen molar-refractivity contribution < 1.29 is 8.78 Å². The smallest absolute Gasteiger partial charge is 0.134 e. The van der Waals surface area contributed by atoms with Gasteiger partial charge in [0.05, 0.1) is 0 Å². The van der Waals surface area contributed by atoms with E-state index in [1.54, 1.807) is 0 Å². The number of hydrogen-bond donors (Lipinski definition) is 0. The van der Waals surface area contributed by atoms with Crippen molar-refractivity contribution in [3.63, 3.8) is 0 Å². The number of rotatable bonds is 3. The number of halogens is 2. The van der Waals surface area contributed by atoms with Gasteiger partial charge in [-0.2, -0.15) is 0 Å². The van der Waals surface area contributed by atoms with E-state index in [0.29, 0.717) is 5.92 Å². The van der Waals surface area contributed by atoms with Gasteiger partial charge in [-0.15, -0.1) is 0 Å². The molecule has 4 aliphatic rings. The monoisotopic (exact) mass is 366 g/mol. The first-order valence-electron chi connectivity index (χ1n) is 11.9. The van der Waals surface area contributed by atoms with Crippen molar-refractivity contribution in [3.05, 3.63) is 0 Å². The molecule has 0 saturated heterocycles. The molecule has 4 saturated carbocycles. The summed E-state index contributed by atoms with van der Waals surface area (Å²) in [5.41, 5.74) is 0. The molecular formula is C24H40F2. The van der Waals surface area contributed by atoms with Crippen LogP contribution in [0.5, 0.6) is 0 Å². The summed E-state index contributed by atoms with van der Waals surface area (Å²) in [7, 11) is 0. The van der Waals surface area contributed by atoms with Gasteiger partial charge in [-0.05, 0) is 106 Å². The van der Waals surface area contributed by atoms with Crippen molar-refractivity contribution in [2.24, 2.45) is 41.4 Å². The largest absolute Gasteiger partial charge is 0.244 e. The molecule has 0 aromatic rings. The zero-order chi connectivity index (χ0) is 18.1. The number of alkyl halides is 2. The predicted molar refractivity (Wildman–Crippen MR) is 105 cm³/mol. The Hall–Kier alpha value is -0.140. The fourth-order valence-electron chi connectivity index (χ4n) is 7.38. The molecule has 0 spiro atoms. The van der Waals surface area contributed by atoms with Gasteiger partial charge >= 0.3 is 0 Å². The van der Waals surface area contributed by atoms with Crippen LogP contribution in [0.1, 0.15) is 96.8 Å². The van der Waals surface area contributed by atoms with E-state index < -0.39 is 12.3 Å². The summed E-state index contributed by atoms with van der Waals surface area (Å²) in [4.78, 5) is 0. The first kappa shape index (κ1) is 19.2. The van der Waals surface area contributed by atoms with Crippen LogP contribution in [0.25, 0.3) is 0 Å². The standard InChI is InChI=1S/C24H40F2/c1-16-6-15-22(24(26)23(16)25)21-13-11-20(12-14-21)19-9-7-18(8-10-19)17-4-2-3-5-17/h16-24H,2-15H2,1H3. The molecule has 0 heterocycles. The van der Waals surface area contributed by atoms with Crippen LogP contribution >= 0.6 is 0 Å². The van der Waals surface area contributed by atoms with Crippen LogP contribution in [0.2, 0.25) is 0 Å². The lowest BCUT2D eigenvalue weighted by Gasteiger charge is -2.43. The fraction of sp³-hybridized carbons (Fsp3) is 1.00. The third kappa shape index (κ3) is 4.00. The highest BCUT2D eigenvalue weighted by Gasteiger charge is 2.43. The van der Waals surface area contributed by atoms with Gasteiger partial charge in [-0.3, -0.25) is 0 Å². The van der Waals surface area contributed by atoms with Gasteiger partial charge in [0.15, 0.2) is 0 Å².